The van der Waals surface area contributed by atoms with Crippen molar-refractivity contribution in [1.29, 1.82) is 0 Å². The summed E-state index contributed by atoms with van der Waals surface area (Å²) in [4.78, 5) is 12.1. The summed E-state index contributed by atoms with van der Waals surface area (Å²) in [5.41, 5.74) is 0.827. The highest BCUT2D eigenvalue weighted by Crippen LogP contribution is 2.42. The van der Waals surface area contributed by atoms with E-state index in [9.17, 15) is 13.2 Å². The van der Waals surface area contributed by atoms with Crippen LogP contribution >= 0.6 is 11.3 Å². The molecule has 1 fully saturated rings. The third kappa shape index (κ3) is 3.80. The van der Waals surface area contributed by atoms with Gasteiger partial charge in [-0.2, -0.15) is 0 Å². The first-order valence-electron chi connectivity index (χ1n) is 6.63. The van der Waals surface area contributed by atoms with Crippen LogP contribution in [0.4, 0.5) is 10.8 Å². The molecule has 0 atom stereocenters. The van der Waals surface area contributed by atoms with E-state index in [2.05, 4.69) is 20.2 Å². The van der Waals surface area contributed by atoms with Crippen molar-refractivity contribution in [3.8, 4) is 0 Å². The van der Waals surface area contributed by atoms with Crippen molar-refractivity contribution in [2.75, 3.05) is 16.3 Å². The molecule has 1 aromatic heterocycles. The van der Waals surface area contributed by atoms with E-state index in [4.69, 9.17) is 0 Å². The van der Waals surface area contributed by atoms with Crippen molar-refractivity contribution in [3.05, 3.63) is 34.8 Å². The van der Waals surface area contributed by atoms with E-state index in [-0.39, 0.29) is 5.91 Å². The van der Waals surface area contributed by atoms with Crippen molar-refractivity contribution >= 4 is 38.1 Å². The summed E-state index contributed by atoms with van der Waals surface area (Å²) in [5, 5.41) is 12.1. The number of hydrogen-bond donors (Lipinski definition) is 2. The molecule has 0 saturated heterocycles. The molecule has 2 aromatic rings. The third-order valence-corrected chi connectivity index (χ3v) is 4.65. The summed E-state index contributed by atoms with van der Waals surface area (Å²) in [6, 6.07) is 6.16. The number of nitrogens with zero attached hydrogens (tertiary/aromatic N) is 2. The second kappa shape index (κ2) is 5.65. The summed E-state index contributed by atoms with van der Waals surface area (Å²) >= 11 is 1.39. The van der Waals surface area contributed by atoms with E-state index in [1.165, 1.54) is 23.5 Å². The minimum absolute atomic E-state index is 0.301. The van der Waals surface area contributed by atoms with Crippen LogP contribution in [0.25, 0.3) is 0 Å². The molecular weight excluding hydrogens is 324 g/mol. The quantitative estimate of drug-likeness (QED) is 0.869. The van der Waals surface area contributed by atoms with Gasteiger partial charge in [-0.3, -0.25) is 14.8 Å². The Labute approximate surface area is 131 Å². The molecule has 7 nitrogen and oxygen atoms in total. The lowest BCUT2D eigenvalue weighted by Crippen LogP contribution is -2.12. The van der Waals surface area contributed by atoms with Gasteiger partial charge in [0.2, 0.25) is 15.2 Å². The van der Waals surface area contributed by atoms with Gasteiger partial charge >= 0.3 is 0 Å². The van der Waals surface area contributed by atoms with Gasteiger partial charge in [-0.15, -0.1) is 10.2 Å². The van der Waals surface area contributed by atoms with Crippen LogP contribution in [0.2, 0.25) is 0 Å². The number of anilines is 2. The van der Waals surface area contributed by atoms with Gasteiger partial charge in [0.25, 0.3) is 5.91 Å². The SMILES string of the molecule is CS(=O)(=O)Nc1ccc(C(=O)Nc2nnc(C3CC3)s2)cc1. The first kappa shape index (κ1) is 14.9. The Morgan fingerprint density at radius 2 is 1.91 bits per heavy atom. The second-order valence-corrected chi connectivity index (χ2v) is 7.88. The Morgan fingerprint density at radius 1 is 1.23 bits per heavy atom. The molecule has 1 heterocycles. The Bertz CT molecular complexity index is 795. The zero-order chi connectivity index (χ0) is 15.7. The Balaban J connectivity index is 1.66. The van der Waals surface area contributed by atoms with Gasteiger partial charge in [-0.05, 0) is 37.1 Å². The van der Waals surface area contributed by atoms with Crippen LogP contribution < -0.4 is 10.0 Å². The van der Waals surface area contributed by atoms with Crippen molar-refractivity contribution in [2.45, 2.75) is 18.8 Å². The second-order valence-electron chi connectivity index (χ2n) is 5.13. The van der Waals surface area contributed by atoms with Gasteiger partial charge in [0, 0.05) is 17.2 Å². The van der Waals surface area contributed by atoms with Gasteiger partial charge in [-0.25, -0.2) is 8.42 Å². The predicted molar refractivity (Wildman–Crippen MR) is 84.7 cm³/mol. The van der Waals surface area contributed by atoms with Crippen LogP contribution in [0.3, 0.4) is 0 Å². The van der Waals surface area contributed by atoms with E-state index < -0.39 is 10.0 Å². The summed E-state index contributed by atoms with van der Waals surface area (Å²) < 4.78 is 24.6. The Morgan fingerprint density at radius 3 is 2.50 bits per heavy atom. The van der Waals surface area contributed by atoms with Crippen molar-refractivity contribution in [3.63, 3.8) is 0 Å². The van der Waals surface area contributed by atoms with Crippen molar-refractivity contribution in [1.82, 2.24) is 10.2 Å². The molecule has 0 spiro atoms. The van der Waals surface area contributed by atoms with Crippen LogP contribution in [-0.2, 0) is 10.0 Å². The minimum Gasteiger partial charge on any atom is -0.296 e. The van der Waals surface area contributed by atoms with Crippen molar-refractivity contribution < 1.29 is 13.2 Å². The number of rotatable bonds is 5. The Hall–Kier alpha value is -2.00. The van der Waals surface area contributed by atoms with Gasteiger partial charge in [-0.1, -0.05) is 11.3 Å². The number of carbonyl (C=O) groups excluding carboxylic acids is 1. The number of hydrogen-bond acceptors (Lipinski definition) is 6. The normalized spacial score (nSPS) is 14.6. The maximum atomic E-state index is 12.1. The first-order chi connectivity index (χ1) is 10.4. The zero-order valence-corrected chi connectivity index (χ0v) is 13.4. The standard InChI is InChI=1S/C13H14N4O3S2/c1-22(19,20)17-10-6-4-8(5-7-10)11(18)14-13-16-15-12(21-13)9-2-3-9/h4-7,9,17H,2-3H2,1H3,(H,14,16,18). The molecule has 0 unspecified atom stereocenters. The van der Waals surface area contributed by atoms with Crippen LogP contribution in [0, 0.1) is 0 Å². The van der Waals surface area contributed by atoms with E-state index in [1.807, 2.05) is 0 Å². The lowest BCUT2D eigenvalue weighted by atomic mass is 10.2. The number of amides is 1. The first-order valence-corrected chi connectivity index (χ1v) is 9.34. The average Bonchev–Trinajstić information content (AvgIpc) is 3.19. The molecular formula is C13H14N4O3S2. The van der Waals surface area contributed by atoms with Crippen LogP contribution in [0.5, 0.6) is 0 Å². The zero-order valence-electron chi connectivity index (χ0n) is 11.7. The number of nitrogens with one attached hydrogen (secondary N) is 2. The van der Waals surface area contributed by atoms with E-state index in [0.717, 1.165) is 24.1 Å². The number of aromatic nitrogens is 2. The molecule has 22 heavy (non-hydrogen) atoms. The lowest BCUT2D eigenvalue weighted by molar-refractivity contribution is 0.102. The van der Waals surface area contributed by atoms with Crippen LogP contribution in [0.15, 0.2) is 24.3 Å². The molecule has 2 N–H and O–H groups in total. The third-order valence-electron chi connectivity index (χ3n) is 3.04. The maximum Gasteiger partial charge on any atom is 0.257 e. The molecule has 1 amide bonds. The number of sulfonamides is 1. The highest BCUT2D eigenvalue weighted by Gasteiger charge is 2.27. The molecule has 9 heteroatoms. The molecule has 0 bridgehead atoms. The molecule has 1 aliphatic rings. The summed E-state index contributed by atoms with van der Waals surface area (Å²) in [6.45, 7) is 0. The number of carbonyl (C=O) groups is 1. The smallest absolute Gasteiger partial charge is 0.257 e. The topological polar surface area (TPSA) is 101 Å². The summed E-state index contributed by atoms with van der Waals surface area (Å²) in [5.74, 6) is 0.203. The van der Waals surface area contributed by atoms with Gasteiger partial charge < -0.3 is 0 Å². The molecule has 1 aromatic carbocycles. The fraction of sp³-hybridized carbons (Fsp3) is 0.308. The largest absolute Gasteiger partial charge is 0.296 e. The fourth-order valence-electron chi connectivity index (χ4n) is 1.85. The molecule has 0 aliphatic heterocycles. The summed E-state index contributed by atoms with van der Waals surface area (Å²) in [6.07, 6.45) is 3.34. The number of benzene rings is 1. The minimum atomic E-state index is -3.33. The van der Waals surface area contributed by atoms with E-state index in [1.54, 1.807) is 12.1 Å². The predicted octanol–water partition coefficient (Wildman–Crippen LogP) is 2.04. The highest BCUT2D eigenvalue weighted by atomic mass is 32.2. The monoisotopic (exact) mass is 338 g/mol. The molecule has 116 valence electrons. The molecule has 3 rings (SSSR count). The van der Waals surface area contributed by atoms with Gasteiger partial charge in [0.15, 0.2) is 0 Å². The molecule has 1 saturated carbocycles. The van der Waals surface area contributed by atoms with Gasteiger partial charge in [0.05, 0.1) is 6.26 Å². The van der Waals surface area contributed by atoms with Crippen LogP contribution in [-0.4, -0.2) is 30.8 Å². The van der Waals surface area contributed by atoms with E-state index in [0.29, 0.717) is 22.3 Å². The van der Waals surface area contributed by atoms with Crippen LogP contribution in [0.1, 0.15) is 34.1 Å². The average molecular weight is 338 g/mol. The molecule has 1 aliphatic carbocycles. The fourth-order valence-corrected chi connectivity index (χ4v) is 3.33. The van der Waals surface area contributed by atoms with Gasteiger partial charge in [0.1, 0.15) is 5.01 Å². The van der Waals surface area contributed by atoms with Crippen molar-refractivity contribution in [2.24, 2.45) is 0 Å². The van der Waals surface area contributed by atoms with E-state index >= 15 is 0 Å². The lowest BCUT2D eigenvalue weighted by Gasteiger charge is -2.05. The maximum absolute atomic E-state index is 12.1. The Kier molecular flexibility index (Phi) is 3.83. The summed E-state index contributed by atoms with van der Waals surface area (Å²) in [7, 11) is -3.33. The molecule has 0 radical (unpaired) electrons. The highest BCUT2D eigenvalue weighted by molar-refractivity contribution is 7.92.